The first kappa shape index (κ1) is 11.9. The Kier molecular flexibility index (Phi) is 5.44. The number of sulfonamides is 1. The van der Waals surface area contributed by atoms with Gasteiger partial charge in [0.2, 0.25) is 10.0 Å². The first-order valence-electron chi connectivity index (χ1n) is 4.20. The van der Waals surface area contributed by atoms with Crippen LogP contribution in [0.4, 0.5) is 0 Å². The van der Waals surface area contributed by atoms with E-state index < -0.39 is 10.0 Å². The Morgan fingerprint density at radius 3 is 2.25 bits per heavy atom. The van der Waals surface area contributed by atoms with Crippen LogP contribution < -0.4 is 5.32 Å². The van der Waals surface area contributed by atoms with E-state index in [1.54, 1.807) is 6.92 Å². The summed E-state index contributed by atoms with van der Waals surface area (Å²) in [5.74, 6) is 0.185. The third-order valence-electron chi connectivity index (χ3n) is 1.72. The number of hydrogen-bond donors (Lipinski definition) is 1. The third-order valence-corrected chi connectivity index (χ3v) is 3.68. The Morgan fingerprint density at radius 1 is 1.33 bits per heavy atom. The summed E-state index contributed by atoms with van der Waals surface area (Å²) in [6.45, 7) is 5.33. The van der Waals surface area contributed by atoms with E-state index in [1.807, 2.05) is 14.0 Å². The van der Waals surface area contributed by atoms with Gasteiger partial charge >= 0.3 is 0 Å². The lowest BCUT2D eigenvalue weighted by molar-refractivity contribution is 0.426. The molecule has 0 atom stereocenters. The Labute approximate surface area is 75.0 Å². The molecule has 0 aromatic heterocycles. The second-order valence-electron chi connectivity index (χ2n) is 2.50. The van der Waals surface area contributed by atoms with E-state index in [4.69, 9.17) is 0 Å². The van der Waals surface area contributed by atoms with Crippen LogP contribution >= 0.6 is 0 Å². The molecule has 0 spiro atoms. The maximum absolute atomic E-state index is 11.3. The number of likely N-dealkylation sites (N-methyl/N-ethyl adjacent to an activating group) is 2. The number of nitrogens with one attached hydrogen (secondary N) is 1. The van der Waals surface area contributed by atoms with Gasteiger partial charge in [0.25, 0.3) is 0 Å². The summed E-state index contributed by atoms with van der Waals surface area (Å²) in [5.41, 5.74) is 0. The Hall–Kier alpha value is -0.130. The fraction of sp³-hybridized carbons (Fsp3) is 1.00. The van der Waals surface area contributed by atoms with E-state index in [2.05, 4.69) is 5.32 Å². The lowest BCUT2D eigenvalue weighted by Crippen LogP contribution is -2.36. The van der Waals surface area contributed by atoms with E-state index in [-0.39, 0.29) is 5.75 Å². The van der Waals surface area contributed by atoms with E-state index in [0.29, 0.717) is 19.6 Å². The molecule has 0 radical (unpaired) electrons. The topological polar surface area (TPSA) is 49.4 Å². The van der Waals surface area contributed by atoms with Crippen molar-refractivity contribution in [3.63, 3.8) is 0 Å². The summed E-state index contributed by atoms with van der Waals surface area (Å²) in [7, 11) is -1.18. The van der Waals surface area contributed by atoms with Crippen LogP contribution in [0.25, 0.3) is 0 Å². The largest absolute Gasteiger partial charge is 0.318 e. The molecule has 0 amide bonds. The highest BCUT2D eigenvalue weighted by Gasteiger charge is 2.16. The van der Waals surface area contributed by atoms with Crippen LogP contribution in [-0.2, 0) is 10.0 Å². The van der Waals surface area contributed by atoms with E-state index in [9.17, 15) is 8.42 Å². The van der Waals surface area contributed by atoms with Gasteiger partial charge in [-0.05, 0) is 14.0 Å². The summed E-state index contributed by atoms with van der Waals surface area (Å²) in [5, 5.41) is 2.92. The van der Waals surface area contributed by atoms with Gasteiger partial charge < -0.3 is 5.32 Å². The minimum absolute atomic E-state index is 0.185. The predicted octanol–water partition coefficient (Wildman–Crippen LogP) is -0.123. The van der Waals surface area contributed by atoms with Gasteiger partial charge in [-0.15, -0.1) is 0 Å². The van der Waals surface area contributed by atoms with Crippen LogP contribution in [0.2, 0.25) is 0 Å². The molecule has 12 heavy (non-hydrogen) atoms. The van der Waals surface area contributed by atoms with Gasteiger partial charge in [-0.3, -0.25) is 0 Å². The van der Waals surface area contributed by atoms with Crippen LogP contribution in [0.1, 0.15) is 13.8 Å². The first-order chi connectivity index (χ1) is 5.58. The molecule has 5 heteroatoms. The van der Waals surface area contributed by atoms with Gasteiger partial charge in [-0.1, -0.05) is 6.92 Å². The van der Waals surface area contributed by atoms with Gasteiger partial charge in [-0.2, -0.15) is 0 Å². The van der Waals surface area contributed by atoms with Crippen LogP contribution in [0.3, 0.4) is 0 Å². The van der Waals surface area contributed by atoms with Crippen LogP contribution in [0, 0.1) is 0 Å². The smallest absolute Gasteiger partial charge is 0.213 e. The SMILES string of the molecule is CCN(CCNC)S(=O)(=O)CC. The molecule has 0 aliphatic rings. The van der Waals surface area contributed by atoms with Gasteiger partial charge in [0.1, 0.15) is 0 Å². The summed E-state index contributed by atoms with van der Waals surface area (Å²) >= 11 is 0. The second kappa shape index (κ2) is 5.50. The maximum Gasteiger partial charge on any atom is 0.213 e. The zero-order valence-corrected chi connectivity index (χ0v) is 8.82. The van der Waals surface area contributed by atoms with Crippen molar-refractivity contribution < 1.29 is 8.42 Å². The average Bonchev–Trinajstić information content (AvgIpc) is 2.05. The lowest BCUT2D eigenvalue weighted by Gasteiger charge is -2.18. The van der Waals surface area contributed by atoms with E-state index in [0.717, 1.165) is 0 Å². The molecule has 0 aromatic carbocycles. The van der Waals surface area contributed by atoms with Gasteiger partial charge in [-0.25, -0.2) is 12.7 Å². The third kappa shape index (κ3) is 3.51. The van der Waals surface area contributed by atoms with E-state index in [1.165, 1.54) is 4.31 Å². The standard InChI is InChI=1S/C7H18N2O2S/c1-4-9(7-6-8-3)12(10,11)5-2/h8H,4-7H2,1-3H3. The van der Waals surface area contributed by atoms with Crippen molar-refractivity contribution >= 4 is 10.0 Å². The molecule has 74 valence electrons. The zero-order chi connectivity index (χ0) is 9.61. The fourth-order valence-corrected chi connectivity index (χ4v) is 2.04. The Morgan fingerprint density at radius 2 is 1.92 bits per heavy atom. The summed E-state index contributed by atoms with van der Waals surface area (Å²) in [6, 6.07) is 0. The monoisotopic (exact) mass is 194 g/mol. The lowest BCUT2D eigenvalue weighted by atomic mass is 10.6. The number of nitrogens with zero attached hydrogens (tertiary/aromatic N) is 1. The predicted molar refractivity (Wildman–Crippen MR) is 50.6 cm³/mol. The summed E-state index contributed by atoms with van der Waals surface area (Å²) in [4.78, 5) is 0. The maximum atomic E-state index is 11.3. The second-order valence-corrected chi connectivity index (χ2v) is 4.75. The van der Waals surface area contributed by atoms with Crippen molar-refractivity contribution in [2.45, 2.75) is 13.8 Å². The number of rotatable bonds is 6. The van der Waals surface area contributed by atoms with Crippen molar-refractivity contribution in [2.24, 2.45) is 0 Å². The molecule has 0 aromatic rings. The Balaban J connectivity index is 4.15. The zero-order valence-electron chi connectivity index (χ0n) is 8.00. The van der Waals surface area contributed by atoms with Crippen molar-refractivity contribution in [1.29, 1.82) is 0 Å². The highest BCUT2D eigenvalue weighted by atomic mass is 32.2. The normalized spacial score (nSPS) is 12.3. The molecule has 0 aliphatic carbocycles. The molecular formula is C7H18N2O2S. The van der Waals surface area contributed by atoms with Crippen LogP contribution in [0.15, 0.2) is 0 Å². The van der Waals surface area contributed by atoms with Gasteiger partial charge in [0, 0.05) is 19.6 Å². The fourth-order valence-electron chi connectivity index (χ4n) is 0.913. The molecule has 0 rings (SSSR count). The van der Waals surface area contributed by atoms with Crippen LogP contribution in [-0.4, -0.2) is 45.2 Å². The van der Waals surface area contributed by atoms with E-state index >= 15 is 0 Å². The highest BCUT2D eigenvalue weighted by Crippen LogP contribution is 1.98. The van der Waals surface area contributed by atoms with Crippen LogP contribution in [0.5, 0.6) is 0 Å². The molecule has 1 N–H and O–H groups in total. The quantitative estimate of drug-likeness (QED) is 0.641. The average molecular weight is 194 g/mol. The molecule has 0 aliphatic heterocycles. The van der Waals surface area contributed by atoms with Crippen molar-refractivity contribution in [3.05, 3.63) is 0 Å². The summed E-state index contributed by atoms with van der Waals surface area (Å²) in [6.07, 6.45) is 0. The molecule has 4 nitrogen and oxygen atoms in total. The van der Waals surface area contributed by atoms with Gasteiger partial charge in [0.15, 0.2) is 0 Å². The van der Waals surface area contributed by atoms with Crippen molar-refractivity contribution in [1.82, 2.24) is 9.62 Å². The molecule has 0 fully saturated rings. The minimum Gasteiger partial charge on any atom is -0.318 e. The highest BCUT2D eigenvalue weighted by molar-refractivity contribution is 7.89. The van der Waals surface area contributed by atoms with Crippen molar-refractivity contribution in [2.75, 3.05) is 32.4 Å². The molecule has 0 saturated carbocycles. The molecule has 0 heterocycles. The number of hydrogen-bond acceptors (Lipinski definition) is 3. The molecule has 0 unspecified atom stereocenters. The Bertz CT molecular complexity index is 201. The minimum atomic E-state index is -2.99. The van der Waals surface area contributed by atoms with Crippen molar-refractivity contribution in [3.8, 4) is 0 Å². The molecule has 0 saturated heterocycles. The molecular weight excluding hydrogens is 176 g/mol. The summed E-state index contributed by atoms with van der Waals surface area (Å²) < 4.78 is 24.2. The van der Waals surface area contributed by atoms with Gasteiger partial charge in [0.05, 0.1) is 5.75 Å². The molecule has 0 bridgehead atoms. The first-order valence-corrected chi connectivity index (χ1v) is 5.81.